The van der Waals surface area contributed by atoms with Crippen LogP contribution < -0.4 is 10.9 Å². The summed E-state index contributed by atoms with van der Waals surface area (Å²) in [7, 11) is 0. The zero-order valence-corrected chi connectivity index (χ0v) is 19.3. The van der Waals surface area contributed by atoms with Crippen LogP contribution in [0.15, 0.2) is 56.5 Å². The molecule has 0 saturated heterocycles. The van der Waals surface area contributed by atoms with Gasteiger partial charge in [-0.15, -0.1) is 22.7 Å². The minimum atomic E-state index is -0.468. The number of aryl methyl sites for hydroxylation is 1. The van der Waals surface area contributed by atoms with Crippen LogP contribution >= 0.6 is 22.7 Å². The van der Waals surface area contributed by atoms with Gasteiger partial charge in [-0.1, -0.05) is 24.2 Å². The molecule has 0 unspecified atom stereocenters. The maximum absolute atomic E-state index is 12.9. The van der Waals surface area contributed by atoms with E-state index in [1.165, 1.54) is 27.4 Å². The maximum Gasteiger partial charge on any atom is 0.279 e. The van der Waals surface area contributed by atoms with E-state index in [2.05, 4.69) is 25.5 Å². The number of aromatic amines is 1. The summed E-state index contributed by atoms with van der Waals surface area (Å²) in [5.74, 6) is 0.604. The van der Waals surface area contributed by atoms with E-state index in [1.807, 2.05) is 41.9 Å². The fraction of sp³-hybridized carbons (Fsp3) is 0.136. The van der Waals surface area contributed by atoms with E-state index in [9.17, 15) is 9.59 Å². The Morgan fingerprint density at radius 3 is 2.61 bits per heavy atom. The fourth-order valence-electron chi connectivity index (χ4n) is 3.39. The van der Waals surface area contributed by atoms with E-state index < -0.39 is 5.91 Å². The highest BCUT2D eigenvalue weighted by Gasteiger charge is 2.20. The lowest BCUT2D eigenvalue weighted by atomic mass is 10.2. The van der Waals surface area contributed by atoms with Crippen molar-refractivity contribution < 1.29 is 9.32 Å². The number of carbonyl (C=O) groups excluding carboxylic acids is 1. The Hall–Kier alpha value is -3.83. The molecule has 1 amide bonds. The third-order valence-electron chi connectivity index (χ3n) is 5.00. The van der Waals surface area contributed by atoms with E-state index in [0.29, 0.717) is 35.0 Å². The molecule has 5 aromatic heterocycles. The first kappa shape index (κ1) is 21.0. The molecule has 0 atom stereocenters. The molecule has 2 N–H and O–H groups in total. The monoisotopic (exact) mass is 478 g/mol. The second kappa shape index (κ2) is 8.60. The highest BCUT2D eigenvalue weighted by molar-refractivity contribution is 7.13. The summed E-state index contributed by atoms with van der Waals surface area (Å²) < 4.78 is 6.74. The number of aromatic nitrogens is 5. The Kier molecular flexibility index (Phi) is 5.48. The normalized spacial score (nSPS) is 11.1. The lowest BCUT2D eigenvalue weighted by molar-refractivity contribution is 0.101. The molecule has 5 heterocycles. The minimum Gasteiger partial charge on any atom is -0.355 e. The highest BCUT2D eigenvalue weighted by Crippen LogP contribution is 2.28. The summed E-state index contributed by atoms with van der Waals surface area (Å²) in [5.41, 5.74) is 1.75. The van der Waals surface area contributed by atoms with Crippen LogP contribution in [0.25, 0.3) is 27.2 Å². The molecule has 0 spiro atoms. The van der Waals surface area contributed by atoms with Crippen molar-refractivity contribution in [1.82, 2.24) is 24.9 Å². The standard InChI is InChI=1S/C22H18N6O3S2/c1-3-13-12(2)23-22(25-20(13)29)28-19(11-14(26-28)17-6-4-8-32-17)24-21(30)15-10-16(31-27-15)18-7-5-9-33-18/h4-11H,3H2,1-2H3,(H,24,30)(H,23,25,29). The molecule has 0 fully saturated rings. The second-order valence-corrected chi connectivity index (χ2v) is 9.01. The molecule has 0 aliphatic heterocycles. The molecule has 0 aromatic carbocycles. The Balaban J connectivity index is 1.53. The van der Waals surface area contributed by atoms with Gasteiger partial charge in [0.1, 0.15) is 11.5 Å². The smallest absolute Gasteiger partial charge is 0.279 e. The van der Waals surface area contributed by atoms with Gasteiger partial charge in [0.2, 0.25) is 5.95 Å². The molecular formula is C22H18N6O3S2. The van der Waals surface area contributed by atoms with Crippen LogP contribution in [-0.4, -0.2) is 30.8 Å². The van der Waals surface area contributed by atoms with Crippen molar-refractivity contribution in [1.29, 1.82) is 0 Å². The van der Waals surface area contributed by atoms with Gasteiger partial charge in [-0.3, -0.25) is 14.6 Å². The van der Waals surface area contributed by atoms with Crippen LogP contribution in [0.5, 0.6) is 0 Å². The minimum absolute atomic E-state index is 0.128. The van der Waals surface area contributed by atoms with Crippen LogP contribution in [0.1, 0.15) is 28.7 Å². The van der Waals surface area contributed by atoms with Gasteiger partial charge >= 0.3 is 0 Å². The molecule has 0 bridgehead atoms. The molecule has 11 heteroatoms. The van der Waals surface area contributed by atoms with E-state index in [4.69, 9.17) is 4.52 Å². The SMILES string of the molecule is CCc1c(C)nc(-n2nc(-c3cccs3)cc2NC(=O)c2cc(-c3cccs3)on2)[nH]c1=O. The van der Waals surface area contributed by atoms with Crippen molar-refractivity contribution in [3.8, 4) is 27.2 Å². The van der Waals surface area contributed by atoms with E-state index in [-0.39, 0.29) is 17.2 Å². The van der Waals surface area contributed by atoms with Crippen LogP contribution in [0, 0.1) is 6.92 Å². The zero-order valence-electron chi connectivity index (χ0n) is 17.7. The molecule has 0 aliphatic carbocycles. The number of thiophene rings is 2. The molecular weight excluding hydrogens is 460 g/mol. The Morgan fingerprint density at radius 2 is 1.94 bits per heavy atom. The summed E-state index contributed by atoms with van der Waals surface area (Å²) in [6.07, 6.45) is 0.566. The van der Waals surface area contributed by atoms with Gasteiger partial charge in [0.05, 0.1) is 9.75 Å². The Bertz CT molecular complexity index is 1480. The number of hydrogen-bond acceptors (Lipinski definition) is 8. The predicted octanol–water partition coefficient (Wildman–Crippen LogP) is 4.52. The predicted molar refractivity (Wildman–Crippen MR) is 127 cm³/mol. The van der Waals surface area contributed by atoms with Crippen molar-refractivity contribution in [2.24, 2.45) is 0 Å². The average molecular weight is 479 g/mol. The largest absolute Gasteiger partial charge is 0.355 e. The Labute approximate surface area is 195 Å². The number of rotatable bonds is 6. The number of nitrogens with zero attached hydrogens (tertiary/aromatic N) is 4. The number of H-pyrrole nitrogens is 1. The molecule has 0 aliphatic rings. The van der Waals surface area contributed by atoms with Gasteiger partial charge in [-0.25, -0.2) is 4.98 Å². The summed E-state index contributed by atoms with van der Waals surface area (Å²) in [4.78, 5) is 34.5. The first-order valence-corrected chi connectivity index (χ1v) is 11.9. The summed E-state index contributed by atoms with van der Waals surface area (Å²) in [5, 5.41) is 15.2. The fourth-order valence-corrected chi connectivity index (χ4v) is 4.74. The number of nitrogens with one attached hydrogen (secondary N) is 2. The van der Waals surface area contributed by atoms with Gasteiger partial charge in [0.25, 0.3) is 11.5 Å². The number of hydrogen-bond donors (Lipinski definition) is 2. The summed E-state index contributed by atoms with van der Waals surface area (Å²) in [6.45, 7) is 3.68. The molecule has 5 aromatic rings. The molecule has 166 valence electrons. The average Bonchev–Trinajstić information content (AvgIpc) is 3.60. The lowest BCUT2D eigenvalue weighted by Crippen LogP contribution is -2.22. The van der Waals surface area contributed by atoms with Crippen LogP contribution in [0.3, 0.4) is 0 Å². The van der Waals surface area contributed by atoms with Crippen LogP contribution in [0.2, 0.25) is 0 Å². The van der Waals surface area contributed by atoms with E-state index >= 15 is 0 Å². The molecule has 33 heavy (non-hydrogen) atoms. The molecule has 9 nitrogen and oxygen atoms in total. The number of anilines is 1. The number of carbonyl (C=O) groups is 1. The van der Waals surface area contributed by atoms with Crippen molar-refractivity contribution in [2.75, 3.05) is 5.32 Å². The lowest BCUT2D eigenvalue weighted by Gasteiger charge is -2.09. The summed E-state index contributed by atoms with van der Waals surface area (Å²) in [6, 6.07) is 10.9. The third-order valence-corrected chi connectivity index (χ3v) is 6.77. The first-order valence-electron chi connectivity index (χ1n) is 10.1. The van der Waals surface area contributed by atoms with Crippen molar-refractivity contribution in [2.45, 2.75) is 20.3 Å². The Morgan fingerprint density at radius 1 is 1.18 bits per heavy atom. The van der Waals surface area contributed by atoms with Crippen LogP contribution in [-0.2, 0) is 6.42 Å². The van der Waals surface area contributed by atoms with E-state index in [0.717, 1.165) is 9.75 Å². The van der Waals surface area contributed by atoms with Crippen LogP contribution in [0.4, 0.5) is 5.82 Å². The van der Waals surface area contributed by atoms with Crippen molar-refractivity contribution >= 4 is 34.4 Å². The van der Waals surface area contributed by atoms with Gasteiger partial charge in [0, 0.05) is 23.4 Å². The molecule has 5 rings (SSSR count). The zero-order chi connectivity index (χ0) is 22.9. The van der Waals surface area contributed by atoms with Gasteiger partial charge in [-0.2, -0.15) is 9.78 Å². The highest BCUT2D eigenvalue weighted by atomic mass is 32.1. The quantitative estimate of drug-likeness (QED) is 0.370. The third kappa shape index (κ3) is 4.03. The van der Waals surface area contributed by atoms with Gasteiger partial charge < -0.3 is 9.84 Å². The second-order valence-electron chi connectivity index (χ2n) is 7.12. The van der Waals surface area contributed by atoms with E-state index in [1.54, 1.807) is 19.1 Å². The first-order chi connectivity index (χ1) is 16.0. The van der Waals surface area contributed by atoms with Crippen molar-refractivity contribution in [3.05, 3.63) is 74.5 Å². The van der Waals surface area contributed by atoms with Gasteiger partial charge in [0.15, 0.2) is 11.5 Å². The number of amides is 1. The molecule has 0 radical (unpaired) electrons. The molecule has 0 saturated carbocycles. The maximum atomic E-state index is 12.9. The summed E-state index contributed by atoms with van der Waals surface area (Å²) >= 11 is 3.01. The van der Waals surface area contributed by atoms with Crippen molar-refractivity contribution in [3.63, 3.8) is 0 Å². The topological polar surface area (TPSA) is 119 Å². The van der Waals surface area contributed by atoms with Gasteiger partial charge in [-0.05, 0) is 36.2 Å².